The second kappa shape index (κ2) is 7.81. The minimum absolute atomic E-state index is 0.337. The second-order valence-corrected chi connectivity index (χ2v) is 6.69. The molecule has 0 fully saturated rings. The molecule has 0 aliphatic carbocycles. The molecule has 124 valence electrons. The summed E-state index contributed by atoms with van der Waals surface area (Å²) in [7, 11) is 0. The van der Waals surface area contributed by atoms with Crippen LogP contribution in [0.15, 0.2) is 18.2 Å². The maximum absolute atomic E-state index is 11.9. The normalized spacial score (nSPS) is 14.3. The number of amides is 1. The second-order valence-electron chi connectivity index (χ2n) is 6.28. The highest BCUT2D eigenvalue weighted by molar-refractivity contribution is 6.31. The average molecular weight is 329 g/mol. The Bertz CT molecular complexity index is 515. The van der Waals surface area contributed by atoms with E-state index in [1.54, 1.807) is 39.0 Å². The molecule has 1 aromatic carbocycles. The zero-order valence-corrected chi connectivity index (χ0v) is 14.3. The molecule has 2 unspecified atom stereocenters. The summed E-state index contributed by atoms with van der Waals surface area (Å²) in [6.07, 6.45) is -1.02. The summed E-state index contributed by atoms with van der Waals surface area (Å²) in [6, 6.07) is 4.73. The van der Waals surface area contributed by atoms with Crippen LogP contribution in [0, 0.1) is 6.92 Å². The average Bonchev–Trinajstić information content (AvgIpc) is 2.38. The largest absolute Gasteiger partial charge is 0.444 e. The van der Waals surface area contributed by atoms with Crippen LogP contribution in [0.25, 0.3) is 0 Å². The molecule has 0 bridgehead atoms. The van der Waals surface area contributed by atoms with E-state index in [0.29, 0.717) is 23.6 Å². The first-order valence-electron chi connectivity index (χ1n) is 7.27. The van der Waals surface area contributed by atoms with Crippen molar-refractivity contribution in [2.45, 2.75) is 51.9 Å². The van der Waals surface area contributed by atoms with Gasteiger partial charge in [0.25, 0.3) is 0 Å². The monoisotopic (exact) mass is 328 g/mol. The third-order valence-electron chi connectivity index (χ3n) is 3.08. The van der Waals surface area contributed by atoms with Crippen molar-refractivity contribution in [1.82, 2.24) is 5.32 Å². The van der Waals surface area contributed by atoms with E-state index < -0.39 is 23.8 Å². The van der Waals surface area contributed by atoms with Gasteiger partial charge < -0.3 is 20.9 Å². The van der Waals surface area contributed by atoms with Crippen LogP contribution in [0.1, 0.15) is 44.4 Å². The molecular weight excluding hydrogens is 304 g/mol. The maximum Gasteiger partial charge on any atom is 0.407 e. The van der Waals surface area contributed by atoms with Gasteiger partial charge in [0.05, 0.1) is 12.1 Å². The van der Waals surface area contributed by atoms with Crippen molar-refractivity contribution in [3.63, 3.8) is 0 Å². The van der Waals surface area contributed by atoms with Crippen LogP contribution in [0.5, 0.6) is 0 Å². The number of carbonyl (C=O) groups is 1. The Morgan fingerprint density at radius 3 is 2.59 bits per heavy atom. The van der Waals surface area contributed by atoms with Gasteiger partial charge in [-0.15, -0.1) is 0 Å². The molecule has 22 heavy (non-hydrogen) atoms. The van der Waals surface area contributed by atoms with E-state index in [1.807, 2.05) is 6.92 Å². The number of ether oxygens (including phenoxy) is 1. The molecule has 0 aliphatic rings. The van der Waals surface area contributed by atoms with Crippen molar-refractivity contribution in [3.05, 3.63) is 34.3 Å². The van der Waals surface area contributed by atoms with Crippen molar-refractivity contribution in [2.75, 3.05) is 6.54 Å². The summed E-state index contributed by atoms with van der Waals surface area (Å²) < 4.78 is 5.22. The van der Waals surface area contributed by atoms with Crippen molar-refractivity contribution in [1.29, 1.82) is 0 Å². The highest BCUT2D eigenvalue weighted by atomic mass is 35.5. The molecule has 1 rings (SSSR count). The number of carbonyl (C=O) groups excluding carboxylic acids is 1. The highest BCUT2D eigenvalue weighted by Gasteiger charge is 2.25. The van der Waals surface area contributed by atoms with Crippen LogP contribution in [-0.2, 0) is 4.74 Å². The molecule has 1 aromatic rings. The van der Waals surface area contributed by atoms with Crippen molar-refractivity contribution < 1.29 is 14.6 Å². The number of aryl methyl sites for hydroxylation is 1. The lowest BCUT2D eigenvalue weighted by molar-refractivity contribution is 0.0415. The lowest BCUT2D eigenvalue weighted by Gasteiger charge is -2.27. The molecular formula is C16H25ClN2O3. The predicted molar refractivity (Wildman–Crippen MR) is 88.0 cm³/mol. The topological polar surface area (TPSA) is 84.6 Å². The maximum atomic E-state index is 11.9. The number of hydrogen-bond acceptors (Lipinski definition) is 4. The fraction of sp³-hybridized carbons (Fsp3) is 0.562. The Morgan fingerprint density at radius 2 is 2.09 bits per heavy atom. The number of alkyl carbamates (subject to hydrolysis) is 1. The molecule has 1 amide bonds. The van der Waals surface area contributed by atoms with Gasteiger partial charge in [0, 0.05) is 5.02 Å². The molecule has 0 saturated heterocycles. The van der Waals surface area contributed by atoms with Gasteiger partial charge in [0.15, 0.2) is 0 Å². The molecule has 0 heterocycles. The Kier molecular flexibility index (Phi) is 6.66. The first-order chi connectivity index (χ1) is 10.1. The number of hydrogen-bond donors (Lipinski definition) is 3. The predicted octanol–water partition coefficient (Wildman–Crippen LogP) is 2.92. The number of nitrogens with two attached hydrogens (primary N) is 1. The SMILES string of the molecule is Cc1cc(C(O)C(CCN)NC(=O)OC(C)(C)C)ccc1Cl. The van der Waals surface area contributed by atoms with Crippen LogP contribution < -0.4 is 11.1 Å². The lowest BCUT2D eigenvalue weighted by atomic mass is 9.98. The van der Waals surface area contributed by atoms with Crippen LogP contribution in [0.4, 0.5) is 4.79 Å². The van der Waals surface area contributed by atoms with Crippen LogP contribution in [0.3, 0.4) is 0 Å². The van der Waals surface area contributed by atoms with Crippen LogP contribution in [0.2, 0.25) is 5.02 Å². The Balaban J connectivity index is 2.84. The molecule has 2 atom stereocenters. The van der Waals surface area contributed by atoms with Gasteiger partial charge in [-0.3, -0.25) is 0 Å². The zero-order chi connectivity index (χ0) is 16.9. The molecule has 4 N–H and O–H groups in total. The van der Waals surface area contributed by atoms with Gasteiger partial charge in [0.2, 0.25) is 0 Å². The molecule has 6 heteroatoms. The van der Waals surface area contributed by atoms with Gasteiger partial charge in [-0.25, -0.2) is 4.79 Å². The van der Waals surface area contributed by atoms with E-state index >= 15 is 0 Å². The molecule has 0 saturated carbocycles. The minimum atomic E-state index is -0.882. The van der Waals surface area contributed by atoms with E-state index in [-0.39, 0.29) is 0 Å². The number of nitrogens with one attached hydrogen (secondary N) is 1. The fourth-order valence-electron chi connectivity index (χ4n) is 2.03. The van der Waals surface area contributed by atoms with Gasteiger partial charge in [-0.05, 0) is 57.9 Å². The van der Waals surface area contributed by atoms with Crippen molar-refractivity contribution in [2.24, 2.45) is 5.73 Å². The van der Waals surface area contributed by atoms with E-state index in [1.165, 1.54) is 0 Å². The molecule has 5 nitrogen and oxygen atoms in total. The summed E-state index contributed by atoms with van der Waals surface area (Å²) in [5, 5.41) is 13.8. The summed E-state index contributed by atoms with van der Waals surface area (Å²) >= 11 is 5.99. The molecule has 0 radical (unpaired) electrons. The number of rotatable bonds is 5. The first-order valence-corrected chi connectivity index (χ1v) is 7.65. The quantitative estimate of drug-likeness (QED) is 0.776. The smallest absolute Gasteiger partial charge is 0.407 e. The van der Waals surface area contributed by atoms with E-state index in [4.69, 9.17) is 22.1 Å². The number of benzene rings is 1. The Morgan fingerprint density at radius 1 is 1.45 bits per heavy atom. The lowest BCUT2D eigenvalue weighted by Crippen LogP contribution is -2.43. The highest BCUT2D eigenvalue weighted by Crippen LogP contribution is 2.24. The number of aliphatic hydroxyl groups excluding tert-OH is 1. The van der Waals surface area contributed by atoms with Crippen LogP contribution in [-0.4, -0.2) is 29.4 Å². The van der Waals surface area contributed by atoms with Crippen LogP contribution >= 0.6 is 11.6 Å². The third kappa shape index (κ3) is 5.83. The number of halogens is 1. The minimum Gasteiger partial charge on any atom is -0.444 e. The summed E-state index contributed by atoms with van der Waals surface area (Å²) in [5.41, 5.74) is 6.52. The Hall–Kier alpha value is -1.30. The van der Waals surface area contributed by atoms with E-state index in [9.17, 15) is 9.90 Å². The Labute approximate surface area is 136 Å². The van der Waals surface area contributed by atoms with Gasteiger partial charge in [-0.2, -0.15) is 0 Å². The molecule has 0 spiro atoms. The summed E-state index contributed by atoms with van der Waals surface area (Å²) in [6.45, 7) is 7.54. The standard InChI is InChI=1S/C16H25ClN2O3/c1-10-9-11(5-6-12(10)17)14(20)13(7-8-18)19-15(21)22-16(2,3)4/h5-6,9,13-14,20H,7-8,18H2,1-4H3,(H,19,21). The summed E-state index contributed by atoms with van der Waals surface area (Å²) in [5.74, 6) is 0. The third-order valence-corrected chi connectivity index (χ3v) is 3.51. The summed E-state index contributed by atoms with van der Waals surface area (Å²) in [4.78, 5) is 11.9. The van der Waals surface area contributed by atoms with E-state index in [0.717, 1.165) is 5.56 Å². The van der Waals surface area contributed by atoms with E-state index in [2.05, 4.69) is 5.32 Å². The van der Waals surface area contributed by atoms with Crippen molar-refractivity contribution >= 4 is 17.7 Å². The van der Waals surface area contributed by atoms with Gasteiger partial charge >= 0.3 is 6.09 Å². The number of aliphatic hydroxyl groups is 1. The molecule has 0 aromatic heterocycles. The molecule has 0 aliphatic heterocycles. The first kappa shape index (κ1) is 18.7. The van der Waals surface area contributed by atoms with Gasteiger partial charge in [0.1, 0.15) is 5.60 Å². The van der Waals surface area contributed by atoms with Gasteiger partial charge in [-0.1, -0.05) is 23.7 Å². The van der Waals surface area contributed by atoms with Crippen molar-refractivity contribution in [3.8, 4) is 0 Å². The fourth-order valence-corrected chi connectivity index (χ4v) is 2.15. The zero-order valence-electron chi connectivity index (χ0n) is 13.5.